The molecule has 1 amide bonds. The number of benzene rings is 1. The van der Waals surface area contributed by atoms with E-state index in [2.05, 4.69) is 17.4 Å². The Morgan fingerprint density at radius 1 is 1.29 bits per heavy atom. The number of hydrogen-bond acceptors (Lipinski definition) is 3. The number of rotatable bonds is 4. The normalized spacial score (nSPS) is 15.3. The summed E-state index contributed by atoms with van der Waals surface area (Å²) in [6.07, 6.45) is 4.35. The third-order valence-electron chi connectivity index (χ3n) is 4.07. The van der Waals surface area contributed by atoms with Crippen LogP contribution in [0.25, 0.3) is 11.3 Å². The Morgan fingerprint density at radius 3 is 2.71 bits per heavy atom. The van der Waals surface area contributed by atoms with Gasteiger partial charge in [0.25, 0.3) is 0 Å². The van der Waals surface area contributed by atoms with Gasteiger partial charge in [-0.15, -0.1) is 0 Å². The van der Waals surface area contributed by atoms with Gasteiger partial charge in [0.2, 0.25) is 5.91 Å². The molecule has 1 fully saturated rings. The molecule has 3 rings (SSSR count). The summed E-state index contributed by atoms with van der Waals surface area (Å²) < 4.78 is 5.30. The van der Waals surface area contributed by atoms with Crippen molar-refractivity contribution in [3.05, 3.63) is 41.7 Å². The fourth-order valence-electron chi connectivity index (χ4n) is 2.76. The zero-order valence-electron chi connectivity index (χ0n) is 12.3. The van der Waals surface area contributed by atoms with Gasteiger partial charge in [-0.1, -0.05) is 47.8 Å². The smallest absolute Gasteiger partial charge is 0.223 e. The Labute approximate surface area is 124 Å². The van der Waals surface area contributed by atoms with Crippen molar-refractivity contribution in [2.24, 2.45) is 5.92 Å². The fourth-order valence-corrected chi connectivity index (χ4v) is 2.76. The van der Waals surface area contributed by atoms with Crippen LogP contribution < -0.4 is 5.32 Å². The number of hydrogen-bond donors (Lipinski definition) is 1. The summed E-state index contributed by atoms with van der Waals surface area (Å²) in [4.78, 5) is 12.0. The second-order valence-corrected chi connectivity index (χ2v) is 5.74. The molecule has 4 nitrogen and oxygen atoms in total. The first-order chi connectivity index (χ1) is 10.2. The second-order valence-electron chi connectivity index (χ2n) is 5.74. The minimum absolute atomic E-state index is 0.140. The molecule has 1 saturated carbocycles. The van der Waals surface area contributed by atoms with Gasteiger partial charge >= 0.3 is 0 Å². The third-order valence-corrected chi connectivity index (χ3v) is 4.07. The van der Waals surface area contributed by atoms with Crippen molar-refractivity contribution in [3.63, 3.8) is 0 Å². The van der Waals surface area contributed by atoms with E-state index >= 15 is 0 Å². The molecule has 1 aromatic heterocycles. The first kappa shape index (κ1) is 13.9. The van der Waals surface area contributed by atoms with Crippen molar-refractivity contribution < 1.29 is 9.32 Å². The SMILES string of the molecule is Cc1ccc(-c2cc(CNC(=O)C3CCCC3)on2)cc1. The molecule has 0 atom stereocenters. The Morgan fingerprint density at radius 2 is 2.00 bits per heavy atom. The van der Waals surface area contributed by atoms with Crippen molar-refractivity contribution in [1.29, 1.82) is 0 Å². The lowest BCUT2D eigenvalue weighted by molar-refractivity contribution is -0.125. The van der Waals surface area contributed by atoms with Gasteiger partial charge in [-0.25, -0.2) is 0 Å². The molecule has 0 unspecified atom stereocenters. The molecule has 110 valence electrons. The summed E-state index contributed by atoms with van der Waals surface area (Å²) >= 11 is 0. The lowest BCUT2D eigenvalue weighted by Crippen LogP contribution is -2.28. The van der Waals surface area contributed by atoms with Gasteiger partial charge in [-0.3, -0.25) is 4.79 Å². The quantitative estimate of drug-likeness (QED) is 0.935. The summed E-state index contributed by atoms with van der Waals surface area (Å²) in [6, 6.07) is 10.0. The topological polar surface area (TPSA) is 55.1 Å². The van der Waals surface area contributed by atoms with Crippen LogP contribution in [0.3, 0.4) is 0 Å². The Hall–Kier alpha value is -2.10. The number of carbonyl (C=O) groups is 1. The maximum atomic E-state index is 12.0. The van der Waals surface area contributed by atoms with Gasteiger partial charge in [0.15, 0.2) is 5.76 Å². The van der Waals surface area contributed by atoms with E-state index in [1.807, 2.05) is 30.3 Å². The highest BCUT2D eigenvalue weighted by atomic mass is 16.5. The molecule has 2 aromatic rings. The standard InChI is InChI=1S/C17H20N2O2/c1-12-6-8-13(9-7-12)16-10-15(21-19-16)11-18-17(20)14-4-2-3-5-14/h6-10,14H,2-5,11H2,1H3,(H,18,20). The van der Waals surface area contributed by atoms with E-state index in [4.69, 9.17) is 4.52 Å². The summed E-state index contributed by atoms with van der Waals surface area (Å²) in [6.45, 7) is 2.46. The number of nitrogens with one attached hydrogen (secondary N) is 1. The van der Waals surface area contributed by atoms with E-state index in [9.17, 15) is 4.79 Å². The number of aromatic nitrogens is 1. The number of nitrogens with zero attached hydrogens (tertiary/aromatic N) is 1. The Kier molecular flexibility index (Phi) is 4.04. The van der Waals surface area contributed by atoms with Crippen molar-refractivity contribution in [2.45, 2.75) is 39.2 Å². The highest BCUT2D eigenvalue weighted by molar-refractivity contribution is 5.78. The molecule has 1 aliphatic carbocycles. The van der Waals surface area contributed by atoms with E-state index < -0.39 is 0 Å². The molecule has 0 radical (unpaired) electrons. The van der Waals surface area contributed by atoms with Gasteiger partial charge in [-0.2, -0.15) is 0 Å². The van der Waals surface area contributed by atoms with Gasteiger partial charge in [0, 0.05) is 17.5 Å². The van der Waals surface area contributed by atoms with Crippen LogP contribution >= 0.6 is 0 Å². The van der Waals surface area contributed by atoms with Crippen LogP contribution in [0.2, 0.25) is 0 Å². The molecular weight excluding hydrogens is 264 g/mol. The summed E-state index contributed by atoms with van der Waals surface area (Å²) in [5.41, 5.74) is 3.05. The third kappa shape index (κ3) is 3.32. The van der Waals surface area contributed by atoms with Crippen molar-refractivity contribution in [3.8, 4) is 11.3 Å². The average Bonchev–Trinajstić information content (AvgIpc) is 3.17. The highest BCUT2D eigenvalue weighted by Gasteiger charge is 2.22. The van der Waals surface area contributed by atoms with Crippen LogP contribution in [0.15, 0.2) is 34.9 Å². The molecule has 0 bridgehead atoms. The summed E-state index contributed by atoms with van der Waals surface area (Å²) in [5, 5.41) is 7.01. The van der Waals surface area contributed by atoms with Crippen LogP contribution in [-0.2, 0) is 11.3 Å². The molecule has 0 saturated heterocycles. The maximum Gasteiger partial charge on any atom is 0.223 e. The van der Waals surface area contributed by atoms with Crippen LogP contribution in [0.4, 0.5) is 0 Å². The maximum absolute atomic E-state index is 12.0. The molecule has 4 heteroatoms. The van der Waals surface area contributed by atoms with Crippen molar-refractivity contribution >= 4 is 5.91 Å². The number of carbonyl (C=O) groups excluding carboxylic acids is 1. The highest BCUT2D eigenvalue weighted by Crippen LogP contribution is 2.25. The number of aryl methyl sites for hydroxylation is 1. The molecule has 21 heavy (non-hydrogen) atoms. The van der Waals surface area contributed by atoms with Gasteiger partial charge in [0.1, 0.15) is 5.69 Å². The average molecular weight is 284 g/mol. The van der Waals surface area contributed by atoms with Crippen LogP contribution in [0.1, 0.15) is 37.0 Å². The van der Waals surface area contributed by atoms with Crippen LogP contribution in [0.5, 0.6) is 0 Å². The monoisotopic (exact) mass is 284 g/mol. The first-order valence-corrected chi connectivity index (χ1v) is 7.53. The van der Waals surface area contributed by atoms with E-state index in [1.54, 1.807) is 0 Å². The van der Waals surface area contributed by atoms with Crippen molar-refractivity contribution in [2.75, 3.05) is 0 Å². The predicted octanol–water partition coefficient (Wildman–Crippen LogP) is 3.46. The molecule has 1 heterocycles. The van der Waals surface area contributed by atoms with Crippen molar-refractivity contribution in [1.82, 2.24) is 10.5 Å². The number of amides is 1. The zero-order chi connectivity index (χ0) is 14.7. The summed E-state index contributed by atoms with van der Waals surface area (Å²) in [7, 11) is 0. The molecule has 1 N–H and O–H groups in total. The van der Waals surface area contributed by atoms with E-state index in [0.29, 0.717) is 12.3 Å². The molecule has 1 aliphatic rings. The van der Waals surface area contributed by atoms with E-state index in [0.717, 1.165) is 36.9 Å². The minimum Gasteiger partial charge on any atom is -0.359 e. The van der Waals surface area contributed by atoms with Gasteiger partial charge in [0.05, 0.1) is 6.54 Å². The summed E-state index contributed by atoms with van der Waals surface area (Å²) in [5.74, 6) is 1.02. The zero-order valence-corrected chi connectivity index (χ0v) is 12.3. The van der Waals surface area contributed by atoms with E-state index in [-0.39, 0.29) is 11.8 Å². The molecule has 1 aromatic carbocycles. The van der Waals surface area contributed by atoms with Gasteiger partial charge in [-0.05, 0) is 19.8 Å². The lowest BCUT2D eigenvalue weighted by atomic mass is 10.1. The predicted molar refractivity (Wildman–Crippen MR) is 80.5 cm³/mol. The minimum atomic E-state index is 0.140. The second kappa shape index (κ2) is 6.12. The largest absolute Gasteiger partial charge is 0.359 e. The molecular formula is C17H20N2O2. The Balaban J connectivity index is 1.60. The van der Waals surface area contributed by atoms with E-state index in [1.165, 1.54) is 5.56 Å². The lowest BCUT2D eigenvalue weighted by Gasteiger charge is -2.08. The van der Waals surface area contributed by atoms with Crippen LogP contribution in [0, 0.1) is 12.8 Å². The molecule has 0 spiro atoms. The van der Waals surface area contributed by atoms with Crippen LogP contribution in [-0.4, -0.2) is 11.1 Å². The Bertz CT molecular complexity index is 610. The van der Waals surface area contributed by atoms with Gasteiger partial charge < -0.3 is 9.84 Å². The molecule has 0 aliphatic heterocycles. The fraction of sp³-hybridized carbons (Fsp3) is 0.412. The first-order valence-electron chi connectivity index (χ1n) is 7.53.